The van der Waals surface area contributed by atoms with Gasteiger partial charge in [0.15, 0.2) is 11.5 Å². The van der Waals surface area contributed by atoms with Gasteiger partial charge in [-0.1, -0.05) is 15.9 Å². The largest absolute Gasteiger partial charge is 0.504 e. The van der Waals surface area contributed by atoms with Crippen molar-refractivity contribution >= 4 is 21.9 Å². The van der Waals surface area contributed by atoms with Gasteiger partial charge in [-0.15, -0.1) is 0 Å². The number of rotatable bonds is 3. The molecule has 1 rings (SSSR count). The van der Waals surface area contributed by atoms with Crippen LogP contribution in [0, 0.1) is 0 Å². The Balaban J connectivity index is 3.28. The zero-order chi connectivity index (χ0) is 11.6. The van der Waals surface area contributed by atoms with E-state index in [1.165, 1.54) is 14.0 Å². The van der Waals surface area contributed by atoms with Crippen LogP contribution in [0.4, 0.5) is 0 Å². The molecule has 15 heavy (non-hydrogen) atoms. The number of hydrogen-bond donors (Lipinski definition) is 2. The number of aromatic hydroxyl groups is 1. The van der Waals surface area contributed by atoms with E-state index in [4.69, 9.17) is 9.84 Å². The summed E-state index contributed by atoms with van der Waals surface area (Å²) in [6.45, 7) is 1.50. The van der Waals surface area contributed by atoms with Gasteiger partial charge in [-0.2, -0.15) is 0 Å². The maximum atomic E-state index is 10.8. The molecule has 1 aromatic rings. The van der Waals surface area contributed by atoms with Gasteiger partial charge in [0.25, 0.3) is 0 Å². The molecule has 0 aliphatic heterocycles. The Kier molecular flexibility index (Phi) is 3.57. The molecule has 0 aromatic heterocycles. The van der Waals surface area contributed by atoms with Crippen LogP contribution in [0.1, 0.15) is 18.4 Å². The van der Waals surface area contributed by atoms with Crippen LogP contribution in [0.15, 0.2) is 16.6 Å². The van der Waals surface area contributed by atoms with Gasteiger partial charge in [-0.05, 0) is 19.1 Å². The van der Waals surface area contributed by atoms with Crippen molar-refractivity contribution < 1.29 is 19.7 Å². The van der Waals surface area contributed by atoms with E-state index in [1.807, 2.05) is 0 Å². The second-order valence-electron chi connectivity index (χ2n) is 3.11. The maximum Gasteiger partial charge on any atom is 0.310 e. The molecule has 0 aliphatic carbocycles. The van der Waals surface area contributed by atoms with Crippen molar-refractivity contribution in [3.05, 3.63) is 22.2 Å². The van der Waals surface area contributed by atoms with Crippen LogP contribution >= 0.6 is 15.9 Å². The predicted octanol–water partition coefficient (Wildman–Crippen LogP) is 2.35. The van der Waals surface area contributed by atoms with E-state index in [2.05, 4.69) is 15.9 Å². The van der Waals surface area contributed by atoms with Gasteiger partial charge >= 0.3 is 5.97 Å². The summed E-state index contributed by atoms with van der Waals surface area (Å²) in [5.74, 6) is -1.65. The van der Waals surface area contributed by atoms with E-state index in [0.717, 1.165) is 0 Å². The molecule has 1 aromatic carbocycles. The molecule has 0 amide bonds. The molecule has 0 radical (unpaired) electrons. The minimum atomic E-state index is -0.995. The average Bonchev–Trinajstić information content (AvgIpc) is 2.19. The SMILES string of the molecule is COc1cc(Br)cc(C(C)C(=O)O)c1O. The van der Waals surface area contributed by atoms with Crippen molar-refractivity contribution in [1.29, 1.82) is 0 Å². The summed E-state index contributed by atoms with van der Waals surface area (Å²) in [7, 11) is 1.41. The second kappa shape index (κ2) is 4.53. The predicted molar refractivity (Wildman–Crippen MR) is 58.4 cm³/mol. The first-order valence-electron chi connectivity index (χ1n) is 4.26. The average molecular weight is 275 g/mol. The number of halogens is 1. The van der Waals surface area contributed by atoms with Crippen LogP contribution in [0.3, 0.4) is 0 Å². The lowest BCUT2D eigenvalue weighted by molar-refractivity contribution is -0.138. The molecule has 0 aliphatic rings. The zero-order valence-corrected chi connectivity index (χ0v) is 9.91. The Labute approximate surface area is 95.6 Å². The van der Waals surface area contributed by atoms with Crippen LogP contribution in [-0.4, -0.2) is 23.3 Å². The highest BCUT2D eigenvalue weighted by Crippen LogP contribution is 2.37. The third kappa shape index (κ3) is 2.41. The first-order chi connectivity index (χ1) is 6.97. The molecule has 0 saturated heterocycles. The summed E-state index contributed by atoms with van der Waals surface area (Å²) in [5, 5.41) is 18.6. The summed E-state index contributed by atoms with van der Waals surface area (Å²) >= 11 is 3.22. The maximum absolute atomic E-state index is 10.8. The summed E-state index contributed by atoms with van der Waals surface area (Å²) in [5.41, 5.74) is 0.328. The molecule has 0 bridgehead atoms. The smallest absolute Gasteiger partial charge is 0.310 e. The highest BCUT2D eigenvalue weighted by Gasteiger charge is 2.20. The highest BCUT2D eigenvalue weighted by atomic mass is 79.9. The molecule has 2 N–H and O–H groups in total. The number of carboxylic acid groups (broad SMARTS) is 1. The monoisotopic (exact) mass is 274 g/mol. The van der Waals surface area contributed by atoms with Gasteiger partial charge in [0.1, 0.15) is 0 Å². The van der Waals surface area contributed by atoms with E-state index in [0.29, 0.717) is 10.0 Å². The third-order valence-electron chi connectivity index (χ3n) is 2.13. The zero-order valence-electron chi connectivity index (χ0n) is 8.32. The molecule has 0 heterocycles. The van der Waals surface area contributed by atoms with Crippen LogP contribution in [0.5, 0.6) is 11.5 Å². The minimum absolute atomic E-state index is 0.129. The highest BCUT2D eigenvalue weighted by molar-refractivity contribution is 9.10. The standard InChI is InChI=1S/C10H11BrO4/c1-5(10(13)14)7-3-6(11)4-8(15-2)9(7)12/h3-5,12H,1-2H3,(H,13,14). The Hall–Kier alpha value is -1.23. The van der Waals surface area contributed by atoms with Gasteiger partial charge < -0.3 is 14.9 Å². The van der Waals surface area contributed by atoms with E-state index in [-0.39, 0.29) is 11.5 Å². The Morgan fingerprint density at radius 2 is 2.13 bits per heavy atom. The fraction of sp³-hybridized carbons (Fsp3) is 0.300. The number of carboxylic acids is 1. The number of carbonyl (C=O) groups is 1. The summed E-state index contributed by atoms with van der Waals surface area (Å²) in [6.07, 6.45) is 0. The Morgan fingerprint density at radius 1 is 1.53 bits per heavy atom. The van der Waals surface area contributed by atoms with Gasteiger partial charge in [0, 0.05) is 10.0 Å². The Bertz CT molecular complexity index is 389. The Morgan fingerprint density at radius 3 is 2.60 bits per heavy atom. The van der Waals surface area contributed by atoms with Crippen LogP contribution in [0.25, 0.3) is 0 Å². The van der Waals surface area contributed by atoms with E-state index >= 15 is 0 Å². The number of aliphatic carboxylic acids is 1. The van der Waals surface area contributed by atoms with Crippen molar-refractivity contribution in [2.75, 3.05) is 7.11 Å². The number of phenolic OH excluding ortho intramolecular Hbond substituents is 1. The lowest BCUT2D eigenvalue weighted by atomic mass is 10.00. The van der Waals surface area contributed by atoms with Crippen molar-refractivity contribution in [2.45, 2.75) is 12.8 Å². The number of methoxy groups -OCH3 is 1. The van der Waals surface area contributed by atoms with Crippen molar-refractivity contribution in [2.24, 2.45) is 0 Å². The van der Waals surface area contributed by atoms with E-state index in [1.54, 1.807) is 12.1 Å². The molecule has 1 atom stereocenters. The van der Waals surface area contributed by atoms with Crippen LogP contribution in [0.2, 0.25) is 0 Å². The van der Waals surface area contributed by atoms with E-state index in [9.17, 15) is 9.90 Å². The van der Waals surface area contributed by atoms with E-state index < -0.39 is 11.9 Å². The lowest BCUT2D eigenvalue weighted by Gasteiger charge is -2.12. The topological polar surface area (TPSA) is 66.8 Å². The molecular weight excluding hydrogens is 264 g/mol. The number of hydrogen-bond acceptors (Lipinski definition) is 3. The molecule has 0 fully saturated rings. The molecule has 82 valence electrons. The van der Waals surface area contributed by atoms with Crippen molar-refractivity contribution in [1.82, 2.24) is 0 Å². The summed E-state index contributed by atoms with van der Waals surface area (Å²) in [6, 6.07) is 3.14. The molecule has 0 saturated carbocycles. The fourth-order valence-electron chi connectivity index (χ4n) is 1.21. The quantitative estimate of drug-likeness (QED) is 0.888. The molecule has 5 heteroatoms. The van der Waals surface area contributed by atoms with Crippen LogP contribution in [-0.2, 0) is 4.79 Å². The van der Waals surface area contributed by atoms with Crippen molar-refractivity contribution in [3.8, 4) is 11.5 Å². The molecule has 4 nitrogen and oxygen atoms in total. The first kappa shape index (κ1) is 11.8. The normalized spacial score (nSPS) is 12.2. The first-order valence-corrected chi connectivity index (χ1v) is 5.06. The van der Waals surface area contributed by atoms with Crippen molar-refractivity contribution in [3.63, 3.8) is 0 Å². The minimum Gasteiger partial charge on any atom is -0.504 e. The third-order valence-corrected chi connectivity index (χ3v) is 2.58. The number of benzene rings is 1. The van der Waals surface area contributed by atoms with Gasteiger partial charge in [-0.3, -0.25) is 4.79 Å². The van der Waals surface area contributed by atoms with Gasteiger partial charge in [-0.25, -0.2) is 0 Å². The molecule has 1 unspecified atom stereocenters. The number of phenols is 1. The van der Waals surface area contributed by atoms with Gasteiger partial charge in [0.2, 0.25) is 0 Å². The molecule has 0 spiro atoms. The summed E-state index contributed by atoms with van der Waals surface area (Å²) in [4.78, 5) is 10.8. The number of ether oxygens (including phenoxy) is 1. The molecular formula is C10H11BrO4. The van der Waals surface area contributed by atoms with Crippen LogP contribution < -0.4 is 4.74 Å². The summed E-state index contributed by atoms with van der Waals surface area (Å²) < 4.78 is 5.59. The van der Waals surface area contributed by atoms with Gasteiger partial charge in [0.05, 0.1) is 13.0 Å². The second-order valence-corrected chi connectivity index (χ2v) is 4.02. The fourth-order valence-corrected chi connectivity index (χ4v) is 1.67. The lowest BCUT2D eigenvalue weighted by Crippen LogP contribution is -2.08.